The number of halogens is 1. The van der Waals surface area contributed by atoms with E-state index in [1.807, 2.05) is 13.8 Å². The molecule has 0 aliphatic heterocycles. The van der Waals surface area contributed by atoms with Crippen molar-refractivity contribution in [2.45, 2.75) is 26.3 Å². The normalized spacial score (nSPS) is 12.2. The quantitative estimate of drug-likeness (QED) is 0.842. The Morgan fingerprint density at radius 1 is 1.39 bits per heavy atom. The van der Waals surface area contributed by atoms with Crippen LogP contribution in [0.3, 0.4) is 0 Å². The van der Waals surface area contributed by atoms with Crippen molar-refractivity contribution in [1.82, 2.24) is 20.3 Å². The van der Waals surface area contributed by atoms with Crippen LogP contribution in [0.5, 0.6) is 0 Å². The average molecular weight is 337 g/mol. The Hall–Kier alpha value is -2.41. The number of amides is 1. The molecule has 2 N–H and O–H groups in total. The third-order valence-electron chi connectivity index (χ3n) is 3.11. The summed E-state index contributed by atoms with van der Waals surface area (Å²) in [4.78, 5) is 23.3. The molecule has 1 amide bonds. The van der Waals surface area contributed by atoms with E-state index in [0.29, 0.717) is 17.1 Å². The van der Waals surface area contributed by atoms with Gasteiger partial charge in [-0.15, -0.1) is 5.10 Å². The highest BCUT2D eigenvalue weighted by Crippen LogP contribution is 2.14. The Morgan fingerprint density at radius 3 is 2.74 bits per heavy atom. The van der Waals surface area contributed by atoms with E-state index in [1.165, 1.54) is 10.9 Å². The topological polar surface area (TPSA) is 97.1 Å². The van der Waals surface area contributed by atoms with Crippen molar-refractivity contribution in [2.24, 2.45) is 5.92 Å². The molecule has 0 saturated heterocycles. The van der Waals surface area contributed by atoms with Crippen LogP contribution in [-0.2, 0) is 4.79 Å². The number of hydrogen-bond donors (Lipinski definition) is 2. The number of aliphatic carboxylic acids is 1. The molecule has 2 rings (SSSR count). The molecular weight excluding hydrogens is 320 g/mol. The second kappa shape index (κ2) is 7.23. The molecule has 0 saturated carbocycles. The van der Waals surface area contributed by atoms with E-state index in [-0.39, 0.29) is 11.6 Å². The van der Waals surface area contributed by atoms with Crippen molar-refractivity contribution >= 4 is 23.5 Å². The summed E-state index contributed by atoms with van der Waals surface area (Å²) in [6, 6.07) is 5.96. The summed E-state index contributed by atoms with van der Waals surface area (Å²) in [5.74, 6) is -1.51. The van der Waals surface area contributed by atoms with Crippen molar-refractivity contribution in [3.8, 4) is 5.69 Å². The molecule has 1 aromatic carbocycles. The van der Waals surface area contributed by atoms with Gasteiger partial charge in [0.25, 0.3) is 5.91 Å². The number of hydrogen-bond acceptors (Lipinski definition) is 4. The Balaban J connectivity index is 2.13. The maximum Gasteiger partial charge on any atom is 0.326 e. The lowest BCUT2D eigenvalue weighted by Gasteiger charge is -2.15. The molecule has 0 radical (unpaired) electrons. The molecular formula is C15H17ClN4O3. The Morgan fingerprint density at radius 2 is 2.13 bits per heavy atom. The van der Waals surface area contributed by atoms with Crippen molar-refractivity contribution in [1.29, 1.82) is 0 Å². The zero-order valence-electron chi connectivity index (χ0n) is 12.7. The van der Waals surface area contributed by atoms with E-state index in [2.05, 4.69) is 15.6 Å². The minimum absolute atomic E-state index is 0.0416. The van der Waals surface area contributed by atoms with Crippen LogP contribution in [-0.4, -0.2) is 38.0 Å². The third kappa shape index (κ3) is 4.53. The fraction of sp³-hybridized carbons (Fsp3) is 0.333. The monoisotopic (exact) mass is 336 g/mol. The summed E-state index contributed by atoms with van der Waals surface area (Å²) in [7, 11) is 0. The summed E-state index contributed by atoms with van der Waals surface area (Å²) in [6.07, 6.45) is 1.76. The van der Waals surface area contributed by atoms with Gasteiger partial charge in [-0.3, -0.25) is 4.79 Å². The zero-order valence-corrected chi connectivity index (χ0v) is 13.5. The summed E-state index contributed by atoms with van der Waals surface area (Å²) in [5, 5.41) is 19.8. The molecule has 7 nitrogen and oxygen atoms in total. The maximum atomic E-state index is 12.1. The SMILES string of the molecule is CC(C)C[C@H](NC(=O)c1cn(-c2cccc(Cl)c2)nn1)C(=O)O. The van der Waals surface area contributed by atoms with E-state index in [0.717, 1.165) is 0 Å². The van der Waals surface area contributed by atoms with Gasteiger partial charge in [0, 0.05) is 5.02 Å². The molecule has 0 bridgehead atoms. The lowest BCUT2D eigenvalue weighted by molar-refractivity contribution is -0.139. The molecule has 8 heteroatoms. The zero-order chi connectivity index (χ0) is 17.0. The lowest BCUT2D eigenvalue weighted by atomic mass is 10.0. The number of rotatable bonds is 6. The number of nitrogens with zero attached hydrogens (tertiary/aromatic N) is 3. The minimum atomic E-state index is -1.07. The first-order chi connectivity index (χ1) is 10.9. The van der Waals surface area contributed by atoms with Crippen LogP contribution in [0.15, 0.2) is 30.5 Å². The van der Waals surface area contributed by atoms with Crippen LogP contribution < -0.4 is 5.32 Å². The first-order valence-electron chi connectivity index (χ1n) is 7.08. The minimum Gasteiger partial charge on any atom is -0.480 e. The van der Waals surface area contributed by atoms with Gasteiger partial charge >= 0.3 is 5.97 Å². The Kier molecular flexibility index (Phi) is 5.33. The molecule has 2 aromatic rings. The summed E-state index contributed by atoms with van der Waals surface area (Å²) < 4.78 is 1.40. The van der Waals surface area contributed by atoms with Crippen molar-refractivity contribution in [2.75, 3.05) is 0 Å². The predicted octanol–water partition coefficient (Wildman–Crippen LogP) is 2.15. The number of carboxylic acid groups (broad SMARTS) is 1. The largest absolute Gasteiger partial charge is 0.480 e. The highest BCUT2D eigenvalue weighted by atomic mass is 35.5. The molecule has 122 valence electrons. The number of carbonyl (C=O) groups is 2. The number of carbonyl (C=O) groups excluding carboxylic acids is 1. The standard InChI is InChI=1S/C15H17ClN4O3/c1-9(2)6-12(15(22)23)17-14(21)13-8-20(19-18-13)11-5-3-4-10(16)7-11/h3-5,7-9,12H,6H2,1-2H3,(H,17,21)(H,22,23)/t12-/m0/s1. The molecule has 1 atom stereocenters. The fourth-order valence-corrected chi connectivity index (χ4v) is 2.22. The van der Waals surface area contributed by atoms with E-state index in [9.17, 15) is 9.59 Å². The van der Waals surface area contributed by atoms with Gasteiger partial charge in [0.1, 0.15) is 6.04 Å². The van der Waals surface area contributed by atoms with Gasteiger partial charge in [0.2, 0.25) is 0 Å². The second-order valence-electron chi connectivity index (χ2n) is 5.52. The van der Waals surface area contributed by atoms with Gasteiger partial charge in [0.15, 0.2) is 5.69 Å². The number of carboxylic acids is 1. The summed E-state index contributed by atoms with van der Waals surface area (Å²) >= 11 is 5.91. The Bertz CT molecular complexity index is 714. The average Bonchev–Trinajstić information content (AvgIpc) is 2.95. The highest BCUT2D eigenvalue weighted by molar-refractivity contribution is 6.30. The van der Waals surface area contributed by atoms with Crippen LogP contribution in [0.2, 0.25) is 5.02 Å². The third-order valence-corrected chi connectivity index (χ3v) is 3.34. The molecule has 0 spiro atoms. The van der Waals surface area contributed by atoms with Crippen molar-refractivity contribution in [3.05, 3.63) is 41.2 Å². The van der Waals surface area contributed by atoms with Gasteiger partial charge in [-0.05, 0) is 30.5 Å². The van der Waals surface area contributed by atoms with Crippen LogP contribution >= 0.6 is 11.6 Å². The molecule has 0 aliphatic carbocycles. The molecule has 1 heterocycles. The number of aromatic nitrogens is 3. The second-order valence-corrected chi connectivity index (χ2v) is 5.96. The van der Waals surface area contributed by atoms with Crippen LogP contribution in [0.1, 0.15) is 30.8 Å². The molecule has 23 heavy (non-hydrogen) atoms. The van der Waals surface area contributed by atoms with Gasteiger partial charge in [-0.25, -0.2) is 9.48 Å². The fourth-order valence-electron chi connectivity index (χ4n) is 2.04. The van der Waals surface area contributed by atoms with E-state index in [4.69, 9.17) is 16.7 Å². The van der Waals surface area contributed by atoms with Crippen molar-refractivity contribution < 1.29 is 14.7 Å². The van der Waals surface area contributed by atoms with Gasteiger partial charge in [0.05, 0.1) is 11.9 Å². The number of benzene rings is 1. The van der Waals surface area contributed by atoms with Gasteiger partial charge in [-0.2, -0.15) is 0 Å². The summed E-state index contributed by atoms with van der Waals surface area (Å²) in [6.45, 7) is 3.77. The molecule has 0 unspecified atom stereocenters. The molecule has 0 fully saturated rings. The molecule has 0 aliphatic rings. The Labute approximate surface area is 138 Å². The van der Waals surface area contributed by atoms with Crippen LogP contribution in [0.25, 0.3) is 5.69 Å². The first-order valence-corrected chi connectivity index (χ1v) is 7.46. The van der Waals surface area contributed by atoms with E-state index >= 15 is 0 Å². The maximum absolute atomic E-state index is 12.1. The predicted molar refractivity (Wildman–Crippen MR) is 84.7 cm³/mol. The van der Waals surface area contributed by atoms with Crippen LogP contribution in [0, 0.1) is 5.92 Å². The highest BCUT2D eigenvalue weighted by Gasteiger charge is 2.23. The smallest absolute Gasteiger partial charge is 0.326 e. The van der Waals surface area contributed by atoms with Gasteiger partial charge in [-0.1, -0.05) is 36.7 Å². The van der Waals surface area contributed by atoms with Crippen molar-refractivity contribution in [3.63, 3.8) is 0 Å². The van der Waals surface area contributed by atoms with Crippen LogP contribution in [0.4, 0.5) is 0 Å². The van der Waals surface area contributed by atoms with E-state index in [1.54, 1.807) is 24.3 Å². The lowest BCUT2D eigenvalue weighted by Crippen LogP contribution is -2.41. The number of nitrogens with one attached hydrogen (secondary N) is 1. The molecule has 1 aromatic heterocycles. The van der Waals surface area contributed by atoms with E-state index < -0.39 is 17.9 Å². The van der Waals surface area contributed by atoms with Gasteiger partial charge < -0.3 is 10.4 Å². The first kappa shape index (κ1) is 17.0. The summed E-state index contributed by atoms with van der Waals surface area (Å²) in [5.41, 5.74) is 0.695.